The van der Waals surface area contributed by atoms with Gasteiger partial charge in [-0.1, -0.05) is 11.6 Å². The van der Waals surface area contributed by atoms with Crippen molar-refractivity contribution in [3.8, 4) is 0 Å². The van der Waals surface area contributed by atoms with E-state index in [1.165, 1.54) is 9.92 Å². The lowest BCUT2D eigenvalue weighted by Gasteiger charge is -2.00. The maximum absolute atomic E-state index is 5.78. The van der Waals surface area contributed by atoms with E-state index >= 15 is 0 Å². The number of halogens is 1. The smallest absolute Gasteiger partial charge is 0.183 e. The van der Waals surface area contributed by atoms with E-state index in [9.17, 15) is 0 Å². The molecule has 13 heavy (non-hydrogen) atoms. The molecule has 1 fully saturated rings. The minimum absolute atomic E-state index is 0.577. The van der Waals surface area contributed by atoms with Crippen LogP contribution in [0.25, 0.3) is 0 Å². The summed E-state index contributed by atoms with van der Waals surface area (Å²) < 4.78 is 0.641. The van der Waals surface area contributed by atoms with Crippen LogP contribution in [0.15, 0.2) is 11.2 Å². The van der Waals surface area contributed by atoms with E-state index in [-0.39, 0.29) is 0 Å². The lowest BCUT2D eigenvalue weighted by Crippen LogP contribution is -1.93. The van der Waals surface area contributed by atoms with Crippen molar-refractivity contribution >= 4 is 39.7 Å². The molecular weight excluding hydrogens is 224 g/mol. The zero-order valence-electron chi connectivity index (χ0n) is 7.16. The second kappa shape index (κ2) is 3.98. The quantitative estimate of drug-likeness (QED) is 0.744. The molecule has 1 aromatic rings. The largest absolute Gasteiger partial charge is 0.286 e. The van der Waals surface area contributed by atoms with Gasteiger partial charge in [0.25, 0.3) is 0 Å². The van der Waals surface area contributed by atoms with Gasteiger partial charge in [0, 0.05) is 36.2 Å². The van der Waals surface area contributed by atoms with Crippen LogP contribution in [0.3, 0.4) is 0 Å². The molecule has 0 radical (unpaired) electrons. The molecule has 1 atom stereocenters. The van der Waals surface area contributed by atoms with Crippen molar-refractivity contribution in [2.24, 2.45) is 4.99 Å². The van der Waals surface area contributed by atoms with Gasteiger partial charge < -0.3 is 0 Å². The van der Waals surface area contributed by atoms with Crippen molar-refractivity contribution in [3.63, 3.8) is 0 Å². The summed E-state index contributed by atoms with van der Waals surface area (Å²) in [4.78, 5) is 9.54. The number of rotatable bonds is 1. The third-order valence-electron chi connectivity index (χ3n) is 2.02. The fourth-order valence-corrected chi connectivity index (χ4v) is 3.62. The summed E-state index contributed by atoms with van der Waals surface area (Å²) in [5, 5.41) is 1.24. The van der Waals surface area contributed by atoms with E-state index in [0.29, 0.717) is 10.4 Å². The molecule has 0 bridgehead atoms. The summed E-state index contributed by atoms with van der Waals surface area (Å²) in [6, 6.07) is 0. The highest BCUT2D eigenvalue weighted by Crippen LogP contribution is 2.37. The Balaban J connectivity index is 2.12. The van der Waals surface area contributed by atoms with Crippen molar-refractivity contribution < 1.29 is 0 Å². The van der Waals surface area contributed by atoms with Crippen molar-refractivity contribution in [1.82, 2.24) is 4.98 Å². The Hall–Kier alpha value is -0.0600. The molecule has 2 rings (SSSR count). The maximum atomic E-state index is 5.78. The molecule has 0 N–H and O–H groups in total. The molecule has 0 spiro atoms. The fourth-order valence-electron chi connectivity index (χ4n) is 1.32. The lowest BCUT2D eigenvalue weighted by atomic mass is 10.1. The van der Waals surface area contributed by atoms with Gasteiger partial charge in [0.1, 0.15) is 0 Å². The molecule has 1 aliphatic rings. The first-order chi connectivity index (χ1) is 6.29. The van der Waals surface area contributed by atoms with Crippen LogP contribution in [0.5, 0.6) is 0 Å². The summed E-state index contributed by atoms with van der Waals surface area (Å²) in [7, 11) is 1.85. The molecule has 0 saturated carbocycles. The number of thioether (sulfide) groups is 1. The fraction of sp³-hybridized carbons (Fsp3) is 0.500. The first kappa shape index (κ1) is 9.49. The number of aliphatic imine (C=N–C) groups is 1. The summed E-state index contributed by atoms with van der Waals surface area (Å²) in [5.74, 6) is 1.69. The Morgan fingerprint density at radius 3 is 3.08 bits per heavy atom. The normalized spacial score (nSPS) is 25.7. The van der Waals surface area contributed by atoms with Crippen LogP contribution < -0.4 is 0 Å². The highest BCUT2D eigenvalue weighted by molar-refractivity contribution is 8.14. The van der Waals surface area contributed by atoms with Crippen LogP contribution in [0.1, 0.15) is 17.2 Å². The number of thiazole rings is 1. The second-order valence-electron chi connectivity index (χ2n) is 2.84. The Morgan fingerprint density at radius 1 is 1.69 bits per heavy atom. The first-order valence-corrected chi connectivity index (χ1v) is 6.17. The van der Waals surface area contributed by atoms with Crippen LogP contribution >= 0.6 is 34.7 Å². The average molecular weight is 233 g/mol. The number of aromatic nitrogens is 1. The van der Waals surface area contributed by atoms with Crippen LogP contribution in [-0.4, -0.2) is 22.8 Å². The number of nitrogens with zero attached hydrogens (tertiary/aromatic N) is 2. The van der Waals surface area contributed by atoms with Gasteiger partial charge in [-0.25, -0.2) is 4.98 Å². The third-order valence-corrected chi connectivity index (χ3v) is 4.55. The number of hydrogen-bond acceptors (Lipinski definition) is 4. The molecule has 0 aromatic carbocycles. The van der Waals surface area contributed by atoms with Crippen LogP contribution in [0.2, 0.25) is 4.47 Å². The second-order valence-corrected chi connectivity index (χ2v) is 5.58. The SMILES string of the molecule is CN=C1CC(c2cnc(Cl)s2)CS1. The standard InChI is InChI=1S/C8H9ClN2S2/c1-10-7-2-5(4-12-7)6-3-11-8(9)13-6/h3,5H,2,4H2,1H3. The Labute approximate surface area is 90.4 Å². The van der Waals surface area contributed by atoms with Gasteiger partial charge in [-0.2, -0.15) is 0 Å². The molecule has 0 amide bonds. The summed E-state index contributed by atoms with van der Waals surface area (Å²) in [6.45, 7) is 0. The molecule has 1 aliphatic heterocycles. The molecule has 1 aromatic heterocycles. The van der Waals surface area contributed by atoms with Crippen molar-refractivity contribution in [2.45, 2.75) is 12.3 Å². The van der Waals surface area contributed by atoms with E-state index in [1.54, 1.807) is 11.3 Å². The molecule has 1 saturated heterocycles. The molecule has 1 unspecified atom stereocenters. The molecule has 5 heteroatoms. The Kier molecular flexibility index (Phi) is 2.91. The zero-order valence-corrected chi connectivity index (χ0v) is 9.55. The Bertz CT molecular complexity index is 335. The van der Waals surface area contributed by atoms with Gasteiger partial charge in [-0.3, -0.25) is 4.99 Å². The highest BCUT2D eigenvalue weighted by Gasteiger charge is 2.24. The van der Waals surface area contributed by atoms with Gasteiger partial charge in [0.15, 0.2) is 4.47 Å². The predicted octanol–water partition coefficient (Wildman–Crippen LogP) is 3.05. The minimum atomic E-state index is 0.577. The van der Waals surface area contributed by atoms with Crippen LogP contribution in [0.4, 0.5) is 0 Å². The summed E-state index contributed by atoms with van der Waals surface area (Å²) in [6.07, 6.45) is 2.94. The van der Waals surface area contributed by atoms with Gasteiger partial charge in [-0.15, -0.1) is 23.1 Å². The molecule has 2 nitrogen and oxygen atoms in total. The van der Waals surface area contributed by atoms with E-state index in [1.807, 2.05) is 25.0 Å². The number of hydrogen-bond donors (Lipinski definition) is 0. The zero-order chi connectivity index (χ0) is 9.26. The maximum Gasteiger partial charge on any atom is 0.183 e. The van der Waals surface area contributed by atoms with Gasteiger partial charge in [-0.05, 0) is 0 Å². The molecule has 70 valence electrons. The summed E-state index contributed by atoms with van der Waals surface area (Å²) in [5.41, 5.74) is 0. The molecular formula is C8H9ClN2S2. The van der Waals surface area contributed by atoms with Gasteiger partial charge >= 0.3 is 0 Å². The van der Waals surface area contributed by atoms with E-state index < -0.39 is 0 Å². The Morgan fingerprint density at radius 2 is 2.54 bits per heavy atom. The topological polar surface area (TPSA) is 25.2 Å². The molecule has 0 aliphatic carbocycles. The third kappa shape index (κ3) is 2.06. The highest BCUT2D eigenvalue weighted by atomic mass is 35.5. The van der Waals surface area contributed by atoms with Gasteiger partial charge in [0.2, 0.25) is 0 Å². The van der Waals surface area contributed by atoms with E-state index in [2.05, 4.69) is 9.98 Å². The van der Waals surface area contributed by atoms with Crippen molar-refractivity contribution in [2.75, 3.05) is 12.8 Å². The monoisotopic (exact) mass is 232 g/mol. The minimum Gasteiger partial charge on any atom is -0.286 e. The van der Waals surface area contributed by atoms with Crippen molar-refractivity contribution in [1.29, 1.82) is 0 Å². The van der Waals surface area contributed by atoms with Crippen LogP contribution in [-0.2, 0) is 0 Å². The lowest BCUT2D eigenvalue weighted by molar-refractivity contribution is 0.856. The van der Waals surface area contributed by atoms with E-state index in [4.69, 9.17) is 11.6 Å². The summed E-state index contributed by atoms with van der Waals surface area (Å²) >= 11 is 9.20. The van der Waals surface area contributed by atoms with Crippen molar-refractivity contribution in [3.05, 3.63) is 15.5 Å². The molecule has 2 heterocycles. The van der Waals surface area contributed by atoms with Gasteiger partial charge in [0.05, 0.1) is 5.04 Å². The van der Waals surface area contributed by atoms with E-state index in [0.717, 1.165) is 12.2 Å². The first-order valence-electron chi connectivity index (χ1n) is 3.99. The average Bonchev–Trinajstić information content (AvgIpc) is 2.71. The predicted molar refractivity (Wildman–Crippen MR) is 60.3 cm³/mol. The van der Waals surface area contributed by atoms with Crippen LogP contribution in [0, 0.1) is 0 Å².